The van der Waals surface area contributed by atoms with Crippen molar-refractivity contribution in [2.75, 3.05) is 46.5 Å². The lowest BCUT2D eigenvalue weighted by Crippen LogP contribution is -2.48. The van der Waals surface area contributed by atoms with E-state index in [0.29, 0.717) is 74.2 Å². The molecular formula is C31H44N2O6S. The molecule has 2 saturated heterocycles. The zero-order valence-corrected chi connectivity index (χ0v) is 25.1. The number of nitrogens with zero attached hydrogens (tertiary/aromatic N) is 2. The van der Waals surface area contributed by atoms with Crippen molar-refractivity contribution in [1.29, 1.82) is 0 Å². The second-order valence-corrected chi connectivity index (χ2v) is 13.3. The van der Waals surface area contributed by atoms with Crippen LogP contribution in [0.25, 0.3) is 0 Å². The van der Waals surface area contributed by atoms with Gasteiger partial charge in [0.05, 0.1) is 17.6 Å². The number of hydrogen-bond donors (Lipinski definition) is 1. The lowest BCUT2D eigenvalue weighted by molar-refractivity contribution is -0.140. The normalized spacial score (nSPS) is 18.6. The number of carbonyl (C=O) groups excluding carboxylic acids is 1. The number of methoxy groups -OCH3 is 1. The predicted octanol–water partition coefficient (Wildman–Crippen LogP) is 4.02. The van der Waals surface area contributed by atoms with Crippen LogP contribution in [0.2, 0.25) is 0 Å². The van der Waals surface area contributed by atoms with Gasteiger partial charge in [0.1, 0.15) is 12.4 Å². The SMILES string of the molecule is COc1cc(C)c(S(=O)(=O)N2CCC(CCOCC(=O)N3CCC(O)(Cc4ccccc4)CC3)CC2)c(C)c1C. The quantitative estimate of drug-likeness (QED) is 0.432. The molecule has 1 amide bonds. The fourth-order valence-electron chi connectivity index (χ4n) is 6.02. The molecule has 40 heavy (non-hydrogen) atoms. The van der Waals surface area contributed by atoms with Crippen LogP contribution in [-0.2, 0) is 26.0 Å². The summed E-state index contributed by atoms with van der Waals surface area (Å²) in [6.07, 6.45) is 4.07. The van der Waals surface area contributed by atoms with Gasteiger partial charge in [0.15, 0.2) is 0 Å². The summed E-state index contributed by atoms with van der Waals surface area (Å²) in [4.78, 5) is 14.8. The smallest absolute Gasteiger partial charge is 0.248 e. The molecule has 0 atom stereocenters. The Morgan fingerprint density at radius 2 is 1.68 bits per heavy atom. The molecule has 9 heteroatoms. The summed E-state index contributed by atoms with van der Waals surface area (Å²) in [5.74, 6) is 1.03. The van der Waals surface area contributed by atoms with Crippen LogP contribution >= 0.6 is 0 Å². The highest BCUT2D eigenvalue weighted by atomic mass is 32.2. The van der Waals surface area contributed by atoms with Gasteiger partial charge < -0.3 is 19.5 Å². The van der Waals surface area contributed by atoms with Crippen LogP contribution in [0.1, 0.15) is 54.4 Å². The van der Waals surface area contributed by atoms with Gasteiger partial charge in [-0.2, -0.15) is 4.31 Å². The van der Waals surface area contributed by atoms with Gasteiger partial charge in [0.2, 0.25) is 15.9 Å². The summed E-state index contributed by atoms with van der Waals surface area (Å²) in [5, 5.41) is 11.0. The van der Waals surface area contributed by atoms with Gasteiger partial charge in [-0.25, -0.2) is 8.42 Å². The lowest BCUT2D eigenvalue weighted by Gasteiger charge is -2.38. The maximum atomic E-state index is 13.5. The Balaban J connectivity index is 1.18. The largest absolute Gasteiger partial charge is 0.496 e. The molecule has 220 valence electrons. The van der Waals surface area contributed by atoms with Crippen molar-refractivity contribution >= 4 is 15.9 Å². The number of aliphatic hydroxyl groups is 1. The molecule has 0 saturated carbocycles. The maximum Gasteiger partial charge on any atom is 0.248 e. The number of hydrogen-bond acceptors (Lipinski definition) is 6. The molecule has 2 aliphatic heterocycles. The Kier molecular flexibility index (Phi) is 9.93. The van der Waals surface area contributed by atoms with E-state index in [0.717, 1.165) is 36.0 Å². The summed E-state index contributed by atoms with van der Waals surface area (Å²) in [6.45, 7) is 8.10. The van der Waals surface area contributed by atoms with Crippen LogP contribution in [0, 0.1) is 26.7 Å². The number of ether oxygens (including phenoxy) is 2. The van der Waals surface area contributed by atoms with E-state index in [2.05, 4.69) is 0 Å². The molecule has 0 unspecified atom stereocenters. The zero-order valence-electron chi connectivity index (χ0n) is 24.3. The Labute approximate surface area is 239 Å². The summed E-state index contributed by atoms with van der Waals surface area (Å²) < 4.78 is 39.8. The van der Waals surface area contributed by atoms with Crippen LogP contribution in [0.4, 0.5) is 0 Å². The van der Waals surface area contributed by atoms with Crippen molar-refractivity contribution in [3.05, 3.63) is 58.7 Å². The number of carbonyl (C=O) groups is 1. The van der Waals surface area contributed by atoms with E-state index in [-0.39, 0.29) is 12.5 Å². The highest BCUT2D eigenvalue weighted by molar-refractivity contribution is 7.89. The molecule has 0 radical (unpaired) electrons. The fourth-order valence-corrected chi connectivity index (χ4v) is 7.98. The second-order valence-electron chi connectivity index (χ2n) is 11.4. The van der Waals surface area contributed by atoms with Gasteiger partial charge in [0.25, 0.3) is 0 Å². The molecule has 0 aliphatic carbocycles. The van der Waals surface area contributed by atoms with Crippen molar-refractivity contribution in [3.8, 4) is 5.75 Å². The number of benzene rings is 2. The third-order valence-electron chi connectivity index (χ3n) is 8.69. The first kappa shape index (κ1) is 30.5. The second kappa shape index (κ2) is 13.0. The van der Waals surface area contributed by atoms with E-state index >= 15 is 0 Å². The molecule has 2 aliphatic rings. The molecule has 2 heterocycles. The summed E-state index contributed by atoms with van der Waals surface area (Å²) in [6, 6.07) is 11.8. The van der Waals surface area contributed by atoms with Gasteiger partial charge >= 0.3 is 0 Å². The number of amides is 1. The minimum atomic E-state index is -3.59. The first-order valence-corrected chi connectivity index (χ1v) is 15.7. The van der Waals surface area contributed by atoms with E-state index in [1.807, 2.05) is 51.1 Å². The standard InChI is InChI=1S/C31H44N2O6S/c1-23-20-28(38-4)24(2)25(3)30(23)40(36,37)33-15-10-26(11-16-33)12-19-39-22-29(34)32-17-13-31(35,14-18-32)21-27-8-6-5-7-9-27/h5-9,20,26,35H,10-19,21-22H2,1-4H3. The number of rotatable bonds is 10. The van der Waals surface area contributed by atoms with E-state index < -0.39 is 15.6 Å². The fraction of sp³-hybridized carbons (Fsp3) is 0.581. The van der Waals surface area contributed by atoms with Crippen molar-refractivity contribution in [3.63, 3.8) is 0 Å². The molecular weight excluding hydrogens is 528 g/mol. The molecule has 4 rings (SSSR count). The predicted molar refractivity (Wildman–Crippen MR) is 155 cm³/mol. The van der Waals surface area contributed by atoms with E-state index in [4.69, 9.17) is 9.47 Å². The van der Waals surface area contributed by atoms with Gasteiger partial charge in [-0.1, -0.05) is 30.3 Å². The Hall–Kier alpha value is -2.46. The monoisotopic (exact) mass is 572 g/mol. The molecule has 2 aromatic rings. The summed E-state index contributed by atoms with van der Waals surface area (Å²) in [7, 11) is -1.99. The summed E-state index contributed by atoms with van der Waals surface area (Å²) in [5.41, 5.74) is 2.63. The van der Waals surface area contributed by atoms with Crippen LogP contribution < -0.4 is 4.74 Å². The molecule has 0 spiro atoms. The van der Waals surface area contributed by atoms with Crippen LogP contribution in [-0.4, -0.2) is 80.7 Å². The van der Waals surface area contributed by atoms with Crippen molar-refractivity contribution in [2.45, 2.75) is 69.8 Å². The minimum Gasteiger partial charge on any atom is -0.496 e. The molecule has 2 aromatic carbocycles. The van der Waals surface area contributed by atoms with Crippen molar-refractivity contribution < 1.29 is 27.8 Å². The van der Waals surface area contributed by atoms with Crippen LogP contribution in [0.5, 0.6) is 5.75 Å². The molecule has 1 N–H and O–H groups in total. The third-order valence-corrected chi connectivity index (χ3v) is 10.9. The molecule has 0 bridgehead atoms. The first-order chi connectivity index (χ1) is 19.0. The van der Waals surface area contributed by atoms with Crippen molar-refractivity contribution in [1.82, 2.24) is 9.21 Å². The summed E-state index contributed by atoms with van der Waals surface area (Å²) >= 11 is 0. The van der Waals surface area contributed by atoms with Gasteiger partial charge in [-0.3, -0.25) is 4.79 Å². The Morgan fingerprint density at radius 1 is 1.02 bits per heavy atom. The number of sulfonamides is 1. The van der Waals surface area contributed by atoms with Crippen LogP contribution in [0.15, 0.2) is 41.3 Å². The highest BCUT2D eigenvalue weighted by Gasteiger charge is 2.35. The third kappa shape index (κ3) is 7.05. The average molecular weight is 573 g/mol. The first-order valence-electron chi connectivity index (χ1n) is 14.3. The van der Waals surface area contributed by atoms with Gasteiger partial charge in [0, 0.05) is 39.2 Å². The minimum absolute atomic E-state index is 0.0387. The van der Waals surface area contributed by atoms with E-state index in [1.165, 1.54) is 0 Å². The number of likely N-dealkylation sites (tertiary alicyclic amines) is 1. The lowest BCUT2D eigenvalue weighted by atomic mass is 9.85. The molecule has 0 aromatic heterocycles. The molecule has 2 fully saturated rings. The van der Waals surface area contributed by atoms with Gasteiger partial charge in [-0.15, -0.1) is 0 Å². The Morgan fingerprint density at radius 3 is 2.30 bits per heavy atom. The maximum absolute atomic E-state index is 13.5. The number of piperidine rings is 2. The van der Waals surface area contributed by atoms with Crippen molar-refractivity contribution in [2.24, 2.45) is 5.92 Å². The van der Waals surface area contributed by atoms with E-state index in [9.17, 15) is 18.3 Å². The molecule has 8 nitrogen and oxygen atoms in total. The zero-order chi connectivity index (χ0) is 28.9. The average Bonchev–Trinajstić information content (AvgIpc) is 2.94. The van der Waals surface area contributed by atoms with Crippen LogP contribution in [0.3, 0.4) is 0 Å². The van der Waals surface area contributed by atoms with E-state index in [1.54, 1.807) is 22.4 Å². The van der Waals surface area contributed by atoms with Gasteiger partial charge in [-0.05, 0) is 87.1 Å². The Bertz CT molecular complexity index is 1260. The number of aryl methyl sites for hydroxylation is 1. The highest BCUT2D eigenvalue weighted by Crippen LogP contribution is 2.34. The topological polar surface area (TPSA) is 96.4 Å².